The van der Waals surface area contributed by atoms with E-state index in [0.717, 1.165) is 46.7 Å². The van der Waals surface area contributed by atoms with Gasteiger partial charge in [0, 0.05) is 58.3 Å². The van der Waals surface area contributed by atoms with E-state index >= 15 is 0 Å². The number of hydrogen-bond donors (Lipinski definition) is 0. The molecule has 1 aliphatic carbocycles. The summed E-state index contributed by atoms with van der Waals surface area (Å²) in [7, 11) is 2.24. The molecule has 4 heteroatoms. The fourth-order valence-electron chi connectivity index (χ4n) is 9.50. The molecule has 0 unspecified atom stereocenters. The summed E-state index contributed by atoms with van der Waals surface area (Å²) in [4.78, 5) is 9.76. The molecule has 8 aromatic rings. The quantitative estimate of drug-likeness (QED) is 0.171. The van der Waals surface area contributed by atoms with Crippen molar-refractivity contribution in [2.24, 2.45) is 0 Å². The lowest BCUT2D eigenvalue weighted by atomic mass is 9.58. The second-order valence-corrected chi connectivity index (χ2v) is 16.5. The van der Waals surface area contributed by atoms with E-state index in [-0.39, 0.29) is 10.8 Å². The first kappa shape index (κ1) is 34.1. The molecule has 274 valence electrons. The van der Waals surface area contributed by atoms with Crippen LogP contribution >= 0.6 is 0 Å². The average Bonchev–Trinajstić information content (AvgIpc) is 3.85. The molecule has 7 aromatic carbocycles. The van der Waals surface area contributed by atoms with Crippen molar-refractivity contribution in [1.29, 1.82) is 0 Å². The fraction of sp³-hybridized carbons (Fsp3) is 0.173. The lowest BCUT2D eigenvalue weighted by molar-refractivity contribution is 0.522. The van der Waals surface area contributed by atoms with E-state index in [1.165, 1.54) is 55.8 Å². The molecule has 4 nitrogen and oxygen atoms in total. The third kappa shape index (κ3) is 5.38. The van der Waals surface area contributed by atoms with E-state index in [1.54, 1.807) is 0 Å². The minimum absolute atomic E-state index is 0.232. The molecule has 0 atom stereocenters. The number of hydrogen-bond acceptors (Lipinski definition) is 4. The number of para-hydroxylation sites is 3. The molecular weight excluding hydrogens is 683 g/mol. The van der Waals surface area contributed by atoms with Crippen LogP contribution in [0.3, 0.4) is 0 Å². The Bertz CT molecular complexity index is 2740. The number of rotatable bonds is 6. The minimum Gasteiger partial charge on any atom is -0.436 e. The van der Waals surface area contributed by atoms with Crippen molar-refractivity contribution in [2.75, 3.05) is 23.4 Å². The van der Waals surface area contributed by atoms with Gasteiger partial charge in [-0.1, -0.05) is 131 Å². The summed E-state index contributed by atoms with van der Waals surface area (Å²) < 4.78 is 6.32. The zero-order valence-corrected chi connectivity index (χ0v) is 32.7. The molecule has 0 bridgehead atoms. The third-order valence-corrected chi connectivity index (χ3v) is 12.3. The van der Waals surface area contributed by atoms with Crippen LogP contribution in [0.4, 0.5) is 22.7 Å². The molecule has 0 fully saturated rings. The van der Waals surface area contributed by atoms with Crippen LogP contribution in [-0.4, -0.2) is 18.6 Å². The van der Waals surface area contributed by atoms with Crippen molar-refractivity contribution < 1.29 is 4.42 Å². The largest absolute Gasteiger partial charge is 0.436 e. The summed E-state index contributed by atoms with van der Waals surface area (Å²) >= 11 is 0. The summed E-state index contributed by atoms with van der Waals surface area (Å²) in [5.74, 6) is 0.612. The van der Waals surface area contributed by atoms with Crippen LogP contribution in [0.1, 0.15) is 55.5 Å². The van der Waals surface area contributed by atoms with Crippen molar-refractivity contribution in [2.45, 2.75) is 44.9 Å². The molecule has 0 N–H and O–H groups in total. The Morgan fingerprint density at radius 1 is 0.554 bits per heavy atom. The predicted molar refractivity (Wildman–Crippen MR) is 233 cm³/mol. The number of benzene rings is 7. The van der Waals surface area contributed by atoms with Crippen LogP contribution in [0.2, 0.25) is 0 Å². The molecule has 56 heavy (non-hydrogen) atoms. The highest BCUT2D eigenvalue weighted by molar-refractivity contribution is 5.91. The Morgan fingerprint density at radius 3 is 2.02 bits per heavy atom. The highest BCUT2D eigenvalue weighted by Gasteiger charge is 2.44. The Hall–Kier alpha value is -6.39. The van der Waals surface area contributed by atoms with Crippen molar-refractivity contribution in [3.8, 4) is 33.7 Å². The highest BCUT2D eigenvalue weighted by Crippen LogP contribution is 2.56. The van der Waals surface area contributed by atoms with Crippen LogP contribution in [0, 0.1) is 0 Å². The molecule has 2 heterocycles. The van der Waals surface area contributed by atoms with Gasteiger partial charge in [0.1, 0.15) is 5.52 Å². The van der Waals surface area contributed by atoms with E-state index in [0.29, 0.717) is 5.89 Å². The van der Waals surface area contributed by atoms with Gasteiger partial charge in [0.15, 0.2) is 5.58 Å². The summed E-state index contributed by atoms with van der Waals surface area (Å²) in [5, 5.41) is 0. The van der Waals surface area contributed by atoms with Crippen LogP contribution in [0.15, 0.2) is 162 Å². The molecule has 10 rings (SSSR count). The number of fused-ring (bicyclic) bond motifs is 4. The van der Waals surface area contributed by atoms with Gasteiger partial charge in [-0.25, -0.2) is 4.98 Å². The summed E-state index contributed by atoms with van der Waals surface area (Å²) in [6.45, 7) is 10.7. The molecular formula is C52H45N3O. The number of oxazole rings is 1. The highest BCUT2D eigenvalue weighted by atomic mass is 16.3. The van der Waals surface area contributed by atoms with Crippen molar-refractivity contribution in [3.63, 3.8) is 0 Å². The lowest BCUT2D eigenvalue weighted by Crippen LogP contribution is -2.37. The second-order valence-electron chi connectivity index (χ2n) is 16.5. The zero-order chi connectivity index (χ0) is 38.2. The van der Waals surface area contributed by atoms with Gasteiger partial charge in [0.25, 0.3) is 0 Å². The Kier molecular flexibility index (Phi) is 7.83. The van der Waals surface area contributed by atoms with Gasteiger partial charge in [0.2, 0.25) is 5.89 Å². The Balaban J connectivity index is 1.24. The summed E-state index contributed by atoms with van der Waals surface area (Å²) in [6.07, 6.45) is 1.06. The number of aromatic nitrogens is 1. The zero-order valence-electron chi connectivity index (χ0n) is 32.7. The van der Waals surface area contributed by atoms with E-state index in [1.807, 2.05) is 24.3 Å². The molecule has 0 spiro atoms. The lowest BCUT2D eigenvalue weighted by Gasteiger charge is -2.46. The molecule has 1 aliphatic heterocycles. The van der Waals surface area contributed by atoms with Crippen LogP contribution in [0.25, 0.3) is 44.8 Å². The summed E-state index contributed by atoms with van der Waals surface area (Å²) in [6, 6.07) is 57.1. The number of anilines is 4. The van der Waals surface area contributed by atoms with Gasteiger partial charge in [-0.05, 0) is 106 Å². The first-order valence-electron chi connectivity index (χ1n) is 19.7. The minimum atomic E-state index is -0.251. The van der Waals surface area contributed by atoms with Gasteiger partial charge >= 0.3 is 0 Å². The van der Waals surface area contributed by atoms with Crippen molar-refractivity contribution >= 4 is 33.8 Å². The normalized spacial score (nSPS) is 15.0. The van der Waals surface area contributed by atoms with E-state index in [9.17, 15) is 0 Å². The molecule has 1 aromatic heterocycles. The molecule has 2 aliphatic rings. The van der Waals surface area contributed by atoms with E-state index in [4.69, 9.17) is 9.40 Å². The smallest absolute Gasteiger partial charge is 0.227 e. The maximum atomic E-state index is 6.32. The third-order valence-electron chi connectivity index (χ3n) is 12.3. The SMILES string of the molecule is CN1CCc2cccc(-c3cc(N(c4ccc(-c5ccccc5)cc4)c4cccc(-c5nc6ccccc6o5)c4)cc4c3C(C)(C)c3ccccc3C4(C)C)c21. The monoisotopic (exact) mass is 727 g/mol. The standard InChI is InChI=1S/C52H45N3O/c1-51(2)43-21-9-10-22-44(43)52(3,4)48-42(41-20-14-17-36-29-30-54(5)49(36)41)32-40(33-45(48)51)55(38-27-25-35(26-28-38)34-15-7-6-8-16-34)39-19-13-18-37(31-39)50-53-46-23-11-12-24-47(46)56-50/h6-28,31-33H,29-30H2,1-5H3. The first-order valence-corrected chi connectivity index (χ1v) is 19.7. The van der Waals surface area contributed by atoms with Crippen molar-refractivity contribution in [1.82, 2.24) is 4.98 Å². The fourth-order valence-corrected chi connectivity index (χ4v) is 9.50. The summed E-state index contributed by atoms with van der Waals surface area (Å²) in [5.41, 5.74) is 18.6. The van der Waals surface area contributed by atoms with Gasteiger partial charge < -0.3 is 14.2 Å². The molecule has 0 saturated heterocycles. The molecule has 0 saturated carbocycles. The van der Waals surface area contributed by atoms with E-state index in [2.05, 4.69) is 178 Å². The molecule has 0 radical (unpaired) electrons. The Morgan fingerprint density at radius 2 is 1.23 bits per heavy atom. The number of likely N-dealkylation sites (N-methyl/N-ethyl adjacent to an activating group) is 1. The second kappa shape index (κ2) is 12.8. The van der Waals surface area contributed by atoms with Gasteiger partial charge in [-0.2, -0.15) is 0 Å². The predicted octanol–water partition coefficient (Wildman–Crippen LogP) is 13.3. The first-order chi connectivity index (χ1) is 27.2. The van der Waals surface area contributed by atoms with Gasteiger partial charge in [-0.15, -0.1) is 0 Å². The van der Waals surface area contributed by atoms with Crippen molar-refractivity contribution in [3.05, 3.63) is 186 Å². The van der Waals surface area contributed by atoms with Crippen LogP contribution in [0.5, 0.6) is 0 Å². The maximum Gasteiger partial charge on any atom is 0.227 e. The number of nitrogens with zero attached hydrogens (tertiary/aromatic N) is 3. The Labute approximate surface area is 329 Å². The maximum absolute atomic E-state index is 6.32. The van der Waals surface area contributed by atoms with E-state index < -0.39 is 0 Å². The average molecular weight is 728 g/mol. The van der Waals surface area contributed by atoms with Gasteiger partial charge in [-0.3, -0.25) is 0 Å². The molecule has 0 amide bonds. The van der Waals surface area contributed by atoms with Gasteiger partial charge in [0.05, 0.1) is 0 Å². The van der Waals surface area contributed by atoms with Crippen LogP contribution < -0.4 is 9.80 Å². The van der Waals surface area contributed by atoms with Crippen LogP contribution in [-0.2, 0) is 17.3 Å². The topological polar surface area (TPSA) is 32.5 Å².